The van der Waals surface area contributed by atoms with Crippen LogP contribution in [0.25, 0.3) is 11.3 Å². The molecule has 1 saturated carbocycles. The molecule has 0 saturated heterocycles. The van der Waals surface area contributed by atoms with Gasteiger partial charge in [0.05, 0.1) is 0 Å². The Morgan fingerprint density at radius 1 is 1.03 bits per heavy atom. The van der Waals surface area contributed by atoms with Crippen LogP contribution in [0.4, 0.5) is 0 Å². The fraction of sp³-hybridized carbons (Fsp3) is 0.458. The van der Waals surface area contributed by atoms with Gasteiger partial charge in [-0.05, 0) is 36.5 Å². The van der Waals surface area contributed by atoms with Crippen molar-refractivity contribution in [1.82, 2.24) is 10.6 Å². The minimum atomic E-state index is -0.549. The Balaban J connectivity index is 1.69. The van der Waals surface area contributed by atoms with E-state index in [9.17, 15) is 14.4 Å². The van der Waals surface area contributed by atoms with Crippen LogP contribution in [-0.4, -0.2) is 30.7 Å². The van der Waals surface area contributed by atoms with Crippen LogP contribution in [0.15, 0.2) is 40.8 Å². The van der Waals surface area contributed by atoms with Crippen LogP contribution in [-0.2, 0) is 16.0 Å². The smallest absolute Gasteiger partial charge is 0.287 e. The lowest BCUT2D eigenvalue weighted by atomic mass is 9.83. The molecule has 1 atom stereocenters. The average Bonchev–Trinajstić information content (AvgIpc) is 3.28. The van der Waals surface area contributed by atoms with Crippen molar-refractivity contribution in [3.05, 3.63) is 47.7 Å². The van der Waals surface area contributed by atoms with Crippen LogP contribution in [0.2, 0.25) is 0 Å². The third-order valence-corrected chi connectivity index (χ3v) is 5.80. The van der Waals surface area contributed by atoms with E-state index < -0.39 is 6.04 Å². The van der Waals surface area contributed by atoms with Gasteiger partial charge in [0, 0.05) is 25.5 Å². The second kappa shape index (κ2) is 10.2. The second-order valence-corrected chi connectivity index (χ2v) is 7.89. The van der Waals surface area contributed by atoms with E-state index in [0.29, 0.717) is 18.6 Å². The summed E-state index contributed by atoms with van der Waals surface area (Å²) in [6.45, 7) is 1.86. The summed E-state index contributed by atoms with van der Waals surface area (Å²) >= 11 is 0. The molecule has 2 N–H and O–H groups in total. The van der Waals surface area contributed by atoms with Crippen molar-refractivity contribution in [2.75, 3.05) is 7.05 Å². The number of hydrogen-bond acceptors (Lipinski definition) is 4. The molecule has 3 rings (SSSR count). The maximum atomic E-state index is 12.7. The molecule has 1 aromatic heterocycles. The summed E-state index contributed by atoms with van der Waals surface area (Å²) in [5, 5.41) is 5.54. The molecule has 1 fully saturated rings. The molecule has 0 bridgehead atoms. The van der Waals surface area contributed by atoms with E-state index in [0.717, 1.165) is 36.8 Å². The molecule has 0 radical (unpaired) electrons. The molecule has 30 heavy (non-hydrogen) atoms. The van der Waals surface area contributed by atoms with Gasteiger partial charge in [0.15, 0.2) is 5.76 Å². The van der Waals surface area contributed by atoms with Gasteiger partial charge < -0.3 is 15.1 Å². The number of likely N-dealkylation sites (N-methyl/N-ethyl adjacent to an activating group) is 1. The molecular weight excluding hydrogens is 380 g/mol. The Morgan fingerprint density at radius 3 is 2.37 bits per heavy atom. The molecular formula is C24H30N2O4. The molecule has 6 heteroatoms. The first kappa shape index (κ1) is 21.8. The average molecular weight is 411 g/mol. The maximum Gasteiger partial charge on any atom is 0.287 e. The summed E-state index contributed by atoms with van der Waals surface area (Å²) in [6.07, 6.45) is 6.17. The summed E-state index contributed by atoms with van der Waals surface area (Å²) in [5.41, 5.74) is 1.79. The number of amides is 2. The summed E-state index contributed by atoms with van der Waals surface area (Å²) < 4.78 is 5.76. The summed E-state index contributed by atoms with van der Waals surface area (Å²) in [5.74, 6) is 0.547. The number of benzene rings is 1. The lowest BCUT2D eigenvalue weighted by Crippen LogP contribution is -2.50. The fourth-order valence-electron chi connectivity index (χ4n) is 3.99. The number of hydrogen-bond donors (Lipinski definition) is 2. The lowest BCUT2D eigenvalue weighted by Gasteiger charge is -2.29. The van der Waals surface area contributed by atoms with Crippen LogP contribution >= 0.6 is 0 Å². The van der Waals surface area contributed by atoms with E-state index in [2.05, 4.69) is 10.6 Å². The van der Waals surface area contributed by atoms with Crippen LogP contribution < -0.4 is 10.6 Å². The van der Waals surface area contributed by atoms with E-state index in [1.807, 2.05) is 31.2 Å². The van der Waals surface area contributed by atoms with Crippen molar-refractivity contribution in [2.45, 2.75) is 57.9 Å². The molecule has 1 aliphatic carbocycles. The molecule has 0 spiro atoms. The topological polar surface area (TPSA) is 88.4 Å². The van der Waals surface area contributed by atoms with Gasteiger partial charge in [-0.15, -0.1) is 0 Å². The highest BCUT2D eigenvalue weighted by Crippen LogP contribution is 2.27. The quantitative estimate of drug-likeness (QED) is 0.691. The predicted octanol–water partition coefficient (Wildman–Crippen LogP) is 3.89. The van der Waals surface area contributed by atoms with Crippen LogP contribution in [0.5, 0.6) is 0 Å². The van der Waals surface area contributed by atoms with Gasteiger partial charge in [-0.1, -0.05) is 50.5 Å². The number of carbonyl (C=O) groups excluding carboxylic acids is 3. The van der Waals surface area contributed by atoms with E-state index >= 15 is 0 Å². The number of furan rings is 1. The van der Waals surface area contributed by atoms with Gasteiger partial charge in [0.2, 0.25) is 5.91 Å². The van der Waals surface area contributed by atoms with E-state index in [1.54, 1.807) is 19.2 Å². The Kier molecular flexibility index (Phi) is 7.44. The van der Waals surface area contributed by atoms with Crippen LogP contribution in [0.3, 0.4) is 0 Å². The second-order valence-electron chi connectivity index (χ2n) is 7.89. The minimum Gasteiger partial charge on any atom is -0.451 e. The van der Waals surface area contributed by atoms with Gasteiger partial charge in [-0.3, -0.25) is 14.4 Å². The van der Waals surface area contributed by atoms with E-state index in [-0.39, 0.29) is 29.3 Å². The first-order chi connectivity index (χ1) is 14.5. The molecule has 1 aliphatic rings. The molecule has 160 valence electrons. The first-order valence-electron chi connectivity index (χ1n) is 10.7. The molecule has 2 aromatic rings. The largest absolute Gasteiger partial charge is 0.451 e. The van der Waals surface area contributed by atoms with Gasteiger partial charge >= 0.3 is 0 Å². The predicted molar refractivity (Wildman–Crippen MR) is 115 cm³/mol. The number of Topliss-reactive ketones (excluding diaryl/α,β-unsaturated/α-hetero) is 1. The molecule has 1 aromatic carbocycles. The fourth-order valence-corrected chi connectivity index (χ4v) is 3.99. The Hall–Kier alpha value is -2.89. The van der Waals surface area contributed by atoms with Crippen molar-refractivity contribution in [2.24, 2.45) is 5.92 Å². The standard InChI is InChI=1S/C24H30N2O4/c1-3-19(27)15-16-9-11-17(12-10-16)20-13-14-21(30-20)23(28)26-22(24(29)25-2)18-7-5-4-6-8-18/h9-14,18,22H,3-8,15H2,1-2H3,(H,25,29)(H,26,28)/t22-/m0/s1. The van der Waals surface area contributed by atoms with Crippen molar-refractivity contribution >= 4 is 17.6 Å². The highest BCUT2D eigenvalue weighted by Gasteiger charge is 2.31. The Morgan fingerprint density at radius 2 is 1.73 bits per heavy atom. The zero-order chi connectivity index (χ0) is 21.5. The van der Waals surface area contributed by atoms with E-state index in [4.69, 9.17) is 4.42 Å². The zero-order valence-electron chi connectivity index (χ0n) is 17.7. The van der Waals surface area contributed by atoms with Crippen LogP contribution in [0.1, 0.15) is 61.6 Å². The number of nitrogens with one attached hydrogen (secondary N) is 2. The Labute approximate surface area is 177 Å². The molecule has 0 unspecified atom stereocenters. The van der Waals surface area contributed by atoms with Crippen molar-refractivity contribution in [3.8, 4) is 11.3 Å². The van der Waals surface area contributed by atoms with Gasteiger partial charge in [-0.25, -0.2) is 0 Å². The highest BCUT2D eigenvalue weighted by molar-refractivity contribution is 5.96. The number of carbonyl (C=O) groups is 3. The van der Waals surface area contributed by atoms with Crippen molar-refractivity contribution in [3.63, 3.8) is 0 Å². The summed E-state index contributed by atoms with van der Waals surface area (Å²) in [6, 6.07) is 10.4. The third kappa shape index (κ3) is 5.38. The lowest BCUT2D eigenvalue weighted by molar-refractivity contribution is -0.124. The first-order valence-corrected chi connectivity index (χ1v) is 10.7. The molecule has 1 heterocycles. The van der Waals surface area contributed by atoms with E-state index in [1.165, 1.54) is 6.42 Å². The van der Waals surface area contributed by atoms with Gasteiger partial charge in [0.25, 0.3) is 5.91 Å². The maximum absolute atomic E-state index is 12.7. The third-order valence-electron chi connectivity index (χ3n) is 5.80. The summed E-state index contributed by atoms with van der Waals surface area (Å²) in [4.78, 5) is 36.7. The zero-order valence-corrected chi connectivity index (χ0v) is 17.7. The van der Waals surface area contributed by atoms with Crippen molar-refractivity contribution in [1.29, 1.82) is 0 Å². The minimum absolute atomic E-state index is 0.149. The monoisotopic (exact) mass is 410 g/mol. The number of rotatable bonds is 8. The Bertz CT molecular complexity index is 879. The summed E-state index contributed by atoms with van der Waals surface area (Å²) in [7, 11) is 1.59. The molecule has 2 amide bonds. The van der Waals surface area contributed by atoms with Gasteiger partial charge in [0.1, 0.15) is 17.6 Å². The highest BCUT2D eigenvalue weighted by atomic mass is 16.4. The van der Waals surface area contributed by atoms with Crippen LogP contribution in [0, 0.1) is 5.92 Å². The SMILES string of the molecule is CCC(=O)Cc1ccc(-c2ccc(C(=O)N[C@H](C(=O)NC)C3CCCCC3)o2)cc1. The van der Waals surface area contributed by atoms with Crippen molar-refractivity contribution < 1.29 is 18.8 Å². The number of ketones is 1. The molecule has 0 aliphatic heterocycles. The molecule has 6 nitrogen and oxygen atoms in total. The normalized spacial score (nSPS) is 15.4. The van der Waals surface area contributed by atoms with Gasteiger partial charge in [-0.2, -0.15) is 0 Å².